The van der Waals surface area contributed by atoms with Gasteiger partial charge in [0, 0.05) is 10.4 Å². The van der Waals surface area contributed by atoms with Crippen LogP contribution in [0.1, 0.15) is 34.3 Å². The van der Waals surface area contributed by atoms with Gasteiger partial charge in [-0.15, -0.1) is 11.3 Å². The van der Waals surface area contributed by atoms with Crippen LogP contribution in [0.25, 0.3) is 0 Å². The van der Waals surface area contributed by atoms with Gasteiger partial charge in [0.25, 0.3) is 0 Å². The van der Waals surface area contributed by atoms with Crippen molar-refractivity contribution in [2.75, 3.05) is 19.8 Å². The lowest BCUT2D eigenvalue weighted by Gasteiger charge is -2.07. The molecule has 0 aliphatic rings. The average molecular weight is 363 g/mol. The first kappa shape index (κ1) is 18.9. The lowest BCUT2D eigenvalue weighted by Crippen LogP contribution is -2.08. The number of hydrogen-bond acceptors (Lipinski definition) is 6. The van der Waals surface area contributed by atoms with Crippen molar-refractivity contribution >= 4 is 17.3 Å². The summed E-state index contributed by atoms with van der Waals surface area (Å²) in [5.74, 6) is 4.30. The largest absolute Gasteiger partial charge is 0.491 e. The Morgan fingerprint density at radius 1 is 1.44 bits per heavy atom. The molecule has 0 amide bonds. The molecule has 0 radical (unpaired) electrons. The zero-order chi connectivity index (χ0) is 18.1. The van der Waals surface area contributed by atoms with Gasteiger partial charge < -0.3 is 14.6 Å². The first-order valence-corrected chi connectivity index (χ1v) is 8.65. The summed E-state index contributed by atoms with van der Waals surface area (Å²) in [7, 11) is 0. The van der Waals surface area contributed by atoms with Crippen molar-refractivity contribution in [1.29, 1.82) is 0 Å². The highest BCUT2D eigenvalue weighted by Gasteiger charge is 2.15. The number of thiazole rings is 1. The molecular formula is C18H18FNO4S. The highest BCUT2D eigenvalue weighted by molar-refractivity contribution is 7.09. The predicted octanol–water partition coefficient (Wildman–Crippen LogP) is 2.81. The molecule has 1 aromatic carbocycles. The van der Waals surface area contributed by atoms with Crippen LogP contribution < -0.4 is 4.74 Å². The summed E-state index contributed by atoms with van der Waals surface area (Å²) in [5, 5.41) is 8.63. The number of benzene rings is 1. The van der Waals surface area contributed by atoms with Gasteiger partial charge in [0.15, 0.2) is 17.3 Å². The number of aliphatic hydroxyl groups excluding tert-OH is 1. The molecule has 0 aliphatic carbocycles. The minimum atomic E-state index is -0.505. The summed E-state index contributed by atoms with van der Waals surface area (Å²) in [6, 6.07) is 4.40. The second-order valence-corrected chi connectivity index (χ2v) is 5.84. The molecule has 0 aliphatic heterocycles. The van der Waals surface area contributed by atoms with Crippen molar-refractivity contribution in [3.8, 4) is 17.6 Å². The van der Waals surface area contributed by atoms with Crippen molar-refractivity contribution < 1.29 is 23.8 Å². The lowest BCUT2D eigenvalue weighted by molar-refractivity contribution is 0.0519. The Balaban J connectivity index is 1.86. The number of carbonyl (C=O) groups is 1. The number of nitrogens with zero attached hydrogens (tertiary/aromatic N) is 1. The maximum absolute atomic E-state index is 13.9. The standard InChI is InChI=1S/C18H18FNO4S/c1-2-23-18(22)17-16(25-12-20-17)6-4-10-24-15-8-7-13(5-3-9-21)11-14(15)19/h7-8,11-12,21H,2,4,6,9-10H2,1H3. The molecule has 0 spiro atoms. The van der Waals surface area contributed by atoms with E-state index < -0.39 is 11.8 Å². The highest BCUT2D eigenvalue weighted by atomic mass is 32.1. The van der Waals surface area contributed by atoms with Crippen LogP contribution >= 0.6 is 11.3 Å². The summed E-state index contributed by atoms with van der Waals surface area (Å²) in [4.78, 5) is 16.6. The van der Waals surface area contributed by atoms with Crippen molar-refractivity contribution in [2.45, 2.75) is 19.8 Å². The number of hydrogen-bond donors (Lipinski definition) is 1. The molecule has 0 unspecified atom stereocenters. The van der Waals surface area contributed by atoms with E-state index in [1.54, 1.807) is 18.5 Å². The summed E-state index contributed by atoms with van der Waals surface area (Å²) < 4.78 is 24.3. The van der Waals surface area contributed by atoms with Gasteiger partial charge in [-0.05, 0) is 38.0 Å². The zero-order valence-electron chi connectivity index (χ0n) is 13.8. The smallest absolute Gasteiger partial charge is 0.358 e. The minimum Gasteiger partial charge on any atom is -0.491 e. The molecule has 0 atom stereocenters. The molecule has 2 aromatic rings. The van der Waals surface area contributed by atoms with E-state index in [9.17, 15) is 9.18 Å². The summed E-state index contributed by atoms with van der Waals surface area (Å²) >= 11 is 1.39. The Morgan fingerprint density at radius 3 is 3.00 bits per heavy atom. The fraction of sp³-hybridized carbons (Fsp3) is 0.333. The summed E-state index contributed by atoms with van der Waals surface area (Å²) in [6.45, 7) is 2.08. The van der Waals surface area contributed by atoms with Crippen LogP contribution in [0, 0.1) is 17.7 Å². The van der Waals surface area contributed by atoms with Gasteiger partial charge in [0.1, 0.15) is 6.61 Å². The molecule has 1 heterocycles. The topological polar surface area (TPSA) is 68.7 Å². The number of esters is 1. The van der Waals surface area contributed by atoms with Crippen LogP contribution in [0.2, 0.25) is 0 Å². The Hall–Kier alpha value is -2.43. The molecule has 0 saturated heterocycles. The van der Waals surface area contributed by atoms with Crippen molar-refractivity contribution in [3.05, 3.63) is 45.7 Å². The van der Waals surface area contributed by atoms with Crippen LogP contribution in [0.4, 0.5) is 4.39 Å². The van der Waals surface area contributed by atoms with Crippen LogP contribution in [0.3, 0.4) is 0 Å². The van der Waals surface area contributed by atoms with Gasteiger partial charge in [-0.2, -0.15) is 0 Å². The molecule has 0 fully saturated rings. The Labute approximate surface area is 149 Å². The van der Waals surface area contributed by atoms with Crippen molar-refractivity contribution in [3.63, 3.8) is 0 Å². The van der Waals surface area contributed by atoms with E-state index in [-0.39, 0.29) is 12.4 Å². The minimum absolute atomic E-state index is 0.143. The third-order valence-corrected chi connectivity index (χ3v) is 4.05. The number of carbonyl (C=O) groups excluding carboxylic acids is 1. The van der Waals surface area contributed by atoms with Gasteiger partial charge >= 0.3 is 5.97 Å². The normalized spacial score (nSPS) is 10.0. The predicted molar refractivity (Wildman–Crippen MR) is 92.3 cm³/mol. The highest BCUT2D eigenvalue weighted by Crippen LogP contribution is 2.20. The summed E-state index contributed by atoms with van der Waals surface area (Å²) in [5.41, 5.74) is 2.42. The first-order chi connectivity index (χ1) is 12.2. The van der Waals surface area contributed by atoms with Crippen LogP contribution in [0.15, 0.2) is 23.7 Å². The molecule has 25 heavy (non-hydrogen) atoms. The molecule has 0 bridgehead atoms. The molecule has 2 rings (SSSR count). The molecule has 1 N–H and O–H groups in total. The summed E-state index contributed by atoms with van der Waals surface area (Å²) in [6.07, 6.45) is 1.21. The third-order valence-electron chi connectivity index (χ3n) is 3.16. The monoisotopic (exact) mass is 363 g/mol. The van der Waals surface area contributed by atoms with Gasteiger partial charge in [0.05, 0.1) is 18.7 Å². The number of rotatable bonds is 7. The van der Waals surface area contributed by atoms with Gasteiger partial charge in [-0.25, -0.2) is 14.2 Å². The molecule has 132 valence electrons. The number of aliphatic hydroxyl groups is 1. The van der Waals surface area contributed by atoms with Crippen molar-refractivity contribution in [1.82, 2.24) is 4.98 Å². The SMILES string of the molecule is CCOC(=O)c1ncsc1CCCOc1ccc(C#CCO)cc1F. The molecular weight excluding hydrogens is 345 g/mol. The van der Waals surface area contributed by atoms with Crippen LogP contribution in [0.5, 0.6) is 5.75 Å². The molecule has 0 saturated carbocycles. The van der Waals surface area contributed by atoms with E-state index in [0.29, 0.717) is 37.3 Å². The fourth-order valence-corrected chi connectivity index (χ4v) is 2.86. The average Bonchev–Trinajstić information content (AvgIpc) is 3.07. The number of aromatic nitrogens is 1. The second-order valence-electron chi connectivity index (χ2n) is 4.90. The molecule has 5 nitrogen and oxygen atoms in total. The number of aryl methyl sites for hydroxylation is 1. The van der Waals surface area contributed by atoms with E-state index in [1.807, 2.05) is 0 Å². The van der Waals surface area contributed by atoms with Crippen LogP contribution in [-0.2, 0) is 11.2 Å². The van der Waals surface area contributed by atoms with Crippen molar-refractivity contribution in [2.24, 2.45) is 0 Å². The zero-order valence-corrected chi connectivity index (χ0v) is 14.6. The fourth-order valence-electron chi connectivity index (χ4n) is 2.07. The van der Waals surface area contributed by atoms with Crippen LogP contribution in [-0.4, -0.2) is 35.9 Å². The quantitative estimate of drug-likeness (QED) is 0.465. The maximum atomic E-state index is 13.9. The second kappa shape index (κ2) is 9.77. The molecule has 7 heteroatoms. The van der Waals surface area contributed by atoms with E-state index in [4.69, 9.17) is 14.6 Å². The lowest BCUT2D eigenvalue weighted by atomic mass is 10.2. The Morgan fingerprint density at radius 2 is 2.28 bits per heavy atom. The van der Waals surface area contributed by atoms with E-state index >= 15 is 0 Å². The van der Waals surface area contributed by atoms with E-state index in [2.05, 4.69) is 16.8 Å². The Bertz CT molecular complexity index is 779. The first-order valence-electron chi connectivity index (χ1n) is 7.77. The van der Waals surface area contributed by atoms with E-state index in [0.717, 1.165) is 4.88 Å². The Kier molecular flexibility index (Phi) is 7.38. The number of ether oxygens (including phenoxy) is 2. The van der Waals surface area contributed by atoms with E-state index in [1.165, 1.54) is 23.5 Å². The maximum Gasteiger partial charge on any atom is 0.358 e. The van der Waals surface area contributed by atoms with Gasteiger partial charge in [0.2, 0.25) is 0 Å². The third kappa shape index (κ3) is 5.55. The van der Waals surface area contributed by atoms with Gasteiger partial charge in [-0.3, -0.25) is 0 Å². The van der Waals surface area contributed by atoms with Gasteiger partial charge in [-0.1, -0.05) is 11.8 Å². The molecule has 1 aromatic heterocycles. The number of halogens is 1.